The summed E-state index contributed by atoms with van der Waals surface area (Å²) in [7, 11) is -3.03. The Labute approximate surface area is 135 Å². The van der Waals surface area contributed by atoms with E-state index in [0.717, 1.165) is 11.0 Å². The maximum atomic E-state index is 6.23. The minimum absolute atomic E-state index is 0.00869. The first kappa shape index (κ1) is 17.4. The monoisotopic (exact) mass is 335 g/mol. The van der Waals surface area contributed by atoms with Gasteiger partial charge in [0.05, 0.1) is 19.7 Å². The van der Waals surface area contributed by atoms with Crippen molar-refractivity contribution in [2.75, 3.05) is 0 Å². The smallest absolute Gasteiger partial charge is 0.137 e. The molecule has 1 atom stereocenters. The topological polar surface area (TPSA) is 39.9 Å². The molecule has 0 aliphatic rings. The van der Waals surface area contributed by atoms with Gasteiger partial charge in [0.15, 0.2) is 0 Å². The van der Waals surface area contributed by atoms with Crippen LogP contribution in [-0.4, -0.2) is 37.2 Å². The van der Waals surface area contributed by atoms with Gasteiger partial charge in [0, 0.05) is 0 Å². The standard InChI is InChI=1S/C16H29N3OSi2/c1-12(2)20-16(22(6,7)8)19-13-10-9-11-14(21(3,4)5)15(13)17-18-19/h9-12,16H,1-8H3. The van der Waals surface area contributed by atoms with Crippen molar-refractivity contribution in [2.45, 2.75) is 65.1 Å². The van der Waals surface area contributed by atoms with Crippen LogP contribution >= 0.6 is 0 Å². The van der Waals surface area contributed by atoms with Gasteiger partial charge in [-0.15, -0.1) is 5.10 Å². The molecule has 2 rings (SSSR count). The second kappa shape index (κ2) is 5.90. The lowest BCUT2D eigenvalue weighted by molar-refractivity contribution is 0.00305. The number of hydrogen-bond donors (Lipinski definition) is 0. The summed E-state index contributed by atoms with van der Waals surface area (Å²) < 4.78 is 8.25. The zero-order valence-electron chi connectivity index (χ0n) is 15.1. The Bertz CT molecular complexity index is 653. The van der Waals surface area contributed by atoms with E-state index in [0.29, 0.717) is 0 Å². The Morgan fingerprint density at radius 2 is 1.68 bits per heavy atom. The van der Waals surface area contributed by atoms with Crippen LogP contribution in [0.2, 0.25) is 39.3 Å². The van der Waals surface area contributed by atoms with E-state index in [1.54, 1.807) is 0 Å². The molecule has 0 bridgehead atoms. The molecule has 0 saturated carbocycles. The van der Waals surface area contributed by atoms with E-state index < -0.39 is 16.1 Å². The summed E-state index contributed by atoms with van der Waals surface area (Å²) in [6.45, 7) is 18.2. The lowest BCUT2D eigenvalue weighted by Crippen LogP contribution is -2.40. The second-order valence-electron chi connectivity index (χ2n) is 8.36. The predicted molar refractivity (Wildman–Crippen MR) is 99.1 cm³/mol. The Morgan fingerprint density at radius 1 is 1.05 bits per heavy atom. The molecule has 122 valence electrons. The quantitative estimate of drug-likeness (QED) is 0.781. The van der Waals surface area contributed by atoms with Gasteiger partial charge in [-0.05, 0) is 25.1 Å². The molecule has 1 aromatic carbocycles. The van der Waals surface area contributed by atoms with Gasteiger partial charge in [-0.1, -0.05) is 56.6 Å². The van der Waals surface area contributed by atoms with Gasteiger partial charge >= 0.3 is 0 Å². The Morgan fingerprint density at radius 3 is 2.18 bits per heavy atom. The van der Waals surface area contributed by atoms with Crippen molar-refractivity contribution in [2.24, 2.45) is 0 Å². The third-order valence-electron chi connectivity index (χ3n) is 3.67. The largest absolute Gasteiger partial charge is 0.357 e. The fraction of sp³-hybridized carbons (Fsp3) is 0.625. The highest BCUT2D eigenvalue weighted by atomic mass is 28.3. The van der Waals surface area contributed by atoms with Crippen LogP contribution in [0.5, 0.6) is 0 Å². The molecule has 1 heterocycles. The van der Waals surface area contributed by atoms with Crippen LogP contribution in [0.4, 0.5) is 0 Å². The minimum Gasteiger partial charge on any atom is -0.357 e. The zero-order chi connectivity index (χ0) is 16.7. The van der Waals surface area contributed by atoms with Gasteiger partial charge in [0.25, 0.3) is 0 Å². The number of aromatic nitrogens is 3. The number of ether oxygens (including phenoxy) is 1. The second-order valence-corrected chi connectivity index (χ2v) is 18.6. The van der Waals surface area contributed by atoms with Gasteiger partial charge in [-0.2, -0.15) is 0 Å². The molecule has 6 heteroatoms. The molecule has 0 spiro atoms. The van der Waals surface area contributed by atoms with E-state index in [-0.39, 0.29) is 12.0 Å². The minimum atomic E-state index is -1.58. The highest BCUT2D eigenvalue weighted by molar-refractivity contribution is 6.90. The molecule has 22 heavy (non-hydrogen) atoms. The molecule has 0 saturated heterocycles. The summed E-state index contributed by atoms with van der Waals surface area (Å²) in [6.07, 6.45) is 0.177. The van der Waals surface area contributed by atoms with E-state index in [1.807, 2.05) is 4.68 Å². The van der Waals surface area contributed by atoms with Crippen LogP contribution in [-0.2, 0) is 4.74 Å². The molecule has 0 N–H and O–H groups in total. The zero-order valence-corrected chi connectivity index (χ0v) is 17.1. The number of rotatable bonds is 5. The third kappa shape index (κ3) is 3.50. The van der Waals surface area contributed by atoms with Crippen molar-refractivity contribution in [3.63, 3.8) is 0 Å². The molecule has 0 aliphatic heterocycles. The number of fused-ring (bicyclic) bond motifs is 1. The summed E-state index contributed by atoms with van der Waals surface area (Å²) in [5.74, 6) is 0.00869. The van der Waals surface area contributed by atoms with E-state index in [1.165, 1.54) is 5.19 Å². The van der Waals surface area contributed by atoms with Gasteiger partial charge in [0.1, 0.15) is 19.4 Å². The van der Waals surface area contributed by atoms with E-state index in [9.17, 15) is 0 Å². The number of benzene rings is 1. The summed E-state index contributed by atoms with van der Waals surface area (Å²) >= 11 is 0. The number of hydrogen-bond acceptors (Lipinski definition) is 3. The highest BCUT2D eigenvalue weighted by Gasteiger charge is 2.33. The van der Waals surface area contributed by atoms with Gasteiger partial charge < -0.3 is 4.74 Å². The van der Waals surface area contributed by atoms with E-state index in [2.05, 4.69) is 81.6 Å². The molecular weight excluding hydrogens is 306 g/mol. The average Bonchev–Trinajstić information content (AvgIpc) is 2.76. The first-order chi connectivity index (χ1) is 10.0. The Kier molecular flexibility index (Phi) is 4.66. The fourth-order valence-electron chi connectivity index (χ4n) is 2.63. The molecule has 0 aliphatic carbocycles. The summed E-state index contributed by atoms with van der Waals surface area (Å²) in [4.78, 5) is 0. The Hall–Kier alpha value is -0.986. The van der Waals surface area contributed by atoms with Crippen LogP contribution in [0.15, 0.2) is 18.2 Å². The van der Waals surface area contributed by atoms with Gasteiger partial charge in [-0.25, -0.2) is 4.68 Å². The number of nitrogens with zero attached hydrogens (tertiary/aromatic N) is 3. The molecule has 0 amide bonds. The molecular formula is C16H29N3OSi2. The van der Waals surface area contributed by atoms with Crippen LogP contribution in [0.25, 0.3) is 11.0 Å². The predicted octanol–water partition coefficient (Wildman–Crippen LogP) is 3.78. The highest BCUT2D eigenvalue weighted by Crippen LogP contribution is 2.27. The van der Waals surface area contributed by atoms with Crippen LogP contribution in [0.3, 0.4) is 0 Å². The fourth-order valence-corrected chi connectivity index (χ4v) is 5.72. The van der Waals surface area contributed by atoms with Crippen LogP contribution in [0.1, 0.15) is 19.7 Å². The van der Waals surface area contributed by atoms with Crippen molar-refractivity contribution < 1.29 is 4.74 Å². The van der Waals surface area contributed by atoms with Crippen molar-refractivity contribution >= 4 is 32.4 Å². The first-order valence-corrected chi connectivity index (χ1v) is 15.1. The average molecular weight is 336 g/mol. The Balaban J connectivity index is 2.61. The van der Waals surface area contributed by atoms with Crippen molar-refractivity contribution in [1.82, 2.24) is 15.0 Å². The van der Waals surface area contributed by atoms with Crippen molar-refractivity contribution in [1.29, 1.82) is 0 Å². The molecule has 1 unspecified atom stereocenters. The summed E-state index contributed by atoms with van der Waals surface area (Å²) in [5.41, 5.74) is 2.16. The normalized spacial score (nSPS) is 14.8. The summed E-state index contributed by atoms with van der Waals surface area (Å²) in [5, 5.41) is 10.4. The van der Waals surface area contributed by atoms with Gasteiger partial charge in [-0.3, -0.25) is 0 Å². The maximum Gasteiger partial charge on any atom is 0.137 e. The SMILES string of the molecule is CC(C)OC(n1nnc2c([Si](C)(C)C)cccc21)[Si](C)(C)C. The van der Waals surface area contributed by atoms with Crippen LogP contribution < -0.4 is 5.19 Å². The lowest BCUT2D eigenvalue weighted by Gasteiger charge is -2.31. The van der Waals surface area contributed by atoms with E-state index >= 15 is 0 Å². The first-order valence-electron chi connectivity index (χ1n) is 8.01. The molecule has 2 aromatic rings. The third-order valence-corrected chi connectivity index (χ3v) is 7.56. The molecule has 1 aromatic heterocycles. The molecule has 4 nitrogen and oxygen atoms in total. The molecule has 0 fully saturated rings. The van der Waals surface area contributed by atoms with Crippen molar-refractivity contribution in [3.05, 3.63) is 18.2 Å². The summed E-state index contributed by atoms with van der Waals surface area (Å²) in [6, 6.07) is 6.46. The van der Waals surface area contributed by atoms with Gasteiger partial charge in [0.2, 0.25) is 0 Å². The lowest BCUT2D eigenvalue weighted by atomic mass is 10.3. The van der Waals surface area contributed by atoms with Crippen LogP contribution in [0, 0.1) is 0 Å². The van der Waals surface area contributed by atoms with E-state index in [4.69, 9.17) is 4.74 Å². The van der Waals surface area contributed by atoms with Crippen molar-refractivity contribution in [3.8, 4) is 0 Å². The molecule has 0 radical (unpaired) electrons. The maximum absolute atomic E-state index is 6.23.